The summed E-state index contributed by atoms with van der Waals surface area (Å²) in [6.45, 7) is 2.24. The lowest BCUT2D eigenvalue weighted by atomic mass is 10.1. The fraction of sp³-hybridized carbons (Fsp3) is 0.231. The van der Waals surface area contributed by atoms with Crippen molar-refractivity contribution in [3.05, 3.63) is 36.2 Å². The summed E-state index contributed by atoms with van der Waals surface area (Å²) in [7, 11) is 0. The van der Waals surface area contributed by atoms with Crippen molar-refractivity contribution in [3.63, 3.8) is 0 Å². The second kappa shape index (κ2) is 4.42. The molecular formula is C13H12N2O2S. The van der Waals surface area contributed by atoms with Gasteiger partial charge in [-0.25, -0.2) is 4.98 Å². The number of hydrogen-bond donors (Lipinski definition) is 0. The van der Waals surface area contributed by atoms with E-state index in [9.17, 15) is 4.79 Å². The molecule has 18 heavy (non-hydrogen) atoms. The SMILES string of the molecule is CCOC(=O)Cc1ccc2c(c1)sc1nccn12. The summed E-state index contributed by atoms with van der Waals surface area (Å²) in [5.41, 5.74) is 2.10. The molecule has 0 amide bonds. The number of fused-ring (bicyclic) bond motifs is 3. The maximum Gasteiger partial charge on any atom is 0.310 e. The van der Waals surface area contributed by atoms with E-state index in [4.69, 9.17) is 4.74 Å². The maximum absolute atomic E-state index is 11.4. The number of carbonyl (C=O) groups excluding carboxylic acids is 1. The van der Waals surface area contributed by atoms with Crippen LogP contribution in [0.1, 0.15) is 12.5 Å². The minimum absolute atomic E-state index is 0.182. The largest absolute Gasteiger partial charge is 0.466 e. The Bertz CT molecular complexity index is 714. The molecule has 0 unspecified atom stereocenters. The number of imidazole rings is 1. The zero-order chi connectivity index (χ0) is 12.5. The van der Waals surface area contributed by atoms with Crippen molar-refractivity contribution in [2.45, 2.75) is 13.3 Å². The number of carbonyl (C=O) groups is 1. The topological polar surface area (TPSA) is 43.6 Å². The molecule has 0 spiro atoms. The van der Waals surface area contributed by atoms with Gasteiger partial charge >= 0.3 is 5.97 Å². The standard InChI is InChI=1S/C13H12N2O2S/c1-2-17-12(16)8-9-3-4-10-11(7-9)18-13-14-5-6-15(10)13/h3-7H,2,8H2,1H3. The van der Waals surface area contributed by atoms with Crippen LogP contribution in [0.2, 0.25) is 0 Å². The number of rotatable bonds is 3. The Kier molecular flexibility index (Phi) is 2.76. The number of benzene rings is 1. The summed E-state index contributed by atoms with van der Waals surface area (Å²) in [6.07, 6.45) is 4.06. The molecule has 3 rings (SSSR count). The van der Waals surface area contributed by atoms with Crippen molar-refractivity contribution in [3.8, 4) is 0 Å². The van der Waals surface area contributed by atoms with Crippen LogP contribution in [0, 0.1) is 0 Å². The molecule has 92 valence electrons. The average molecular weight is 260 g/mol. The molecule has 0 fully saturated rings. The maximum atomic E-state index is 11.4. The van der Waals surface area contributed by atoms with Crippen LogP contribution in [0.3, 0.4) is 0 Å². The number of esters is 1. The van der Waals surface area contributed by atoms with Gasteiger partial charge in [0.15, 0.2) is 4.96 Å². The number of hydrogen-bond acceptors (Lipinski definition) is 4. The molecule has 3 aromatic rings. The van der Waals surface area contributed by atoms with Gasteiger partial charge in [-0.2, -0.15) is 0 Å². The summed E-state index contributed by atoms with van der Waals surface area (Å²) >= 11 is 1.62. The molecule has 2 aromatic heterocycles. The van der Waals surface area contributed by atoms with Crippen LogP contribution in [0.25, 0.3) is 15.2 Å². The van der Waals surface area contributed by atoms with Crippen LogP contribution >= 0.6 is 11.3 Å². The fourth-order valence-corrected chi connectivity index (χ4v) is 3.02. The smallest absolute Gasteiger partial charge is 0.310 e. The van der Waals surface area contributed by atoms with Crippen molar-refractivity contribution in [2.24, 2.45) is 0 Å². The normalized spacial score (nSPS) is 11.2. The first-order valence-corrected chi connectivity index (χ1v) is 6.59. The molecular weight excluding hydrogens is 248 g/mol. The second-order valence-corrected chi connectivity index (χ2v) is 4.97. The van der Waals surface area contributed by atoms with Gasteiger partial charge in [0.25, 0.3) is 0 Å². The Balaban J connectivity index is 1.97. The number of aromatic nitrogens is 2. The Labute approximate surface area is 108 Å². The van der Waals surface area contributed by atoms with Crippen LogP contribution in [-0.2, 0) is 16.0 Å². The summed E-state index contributed by atoms with van der Waals surface area (Å²) in [5.74, 6) is -0.182. The molecule has 2 heterocycles. The van der Waals surface area contributed by atoms with Crippen molar-refractivity contribution >= 4 is 32.5 Å². The minimum atomic E-state index is -0.182. The molecule has 4 nitrogen and oxygen atoms in total. The monoisotopic (exact) mass is 260 g/mol. The van der Waals surface area contributed by atoms with Gasteiger partial charge in [0.05, 0.1) is 23.2 Å². The summed E-state index contributed by atoms with van der Waals surface area (Å²) < 4.78 is 8.14. The highest BCUT2D eigenvalue weighted by atomic mass is 32.1. The van der Waals surface area contributed by atoms with Crippen molar-refractivity contribution in [2.75, 3.05) is 6.61 Å². The van der Waals surface area contributed by atoms with Gasteiger partial charge in [-0.05, 0) is 24.6 Å². The third-order valence-electron chi connectivity index (χ3n) is 2.75. The summed E-state index contributed by atoms with van der Waals surface area (Å²) in [5, 5.41) is 0. The fourth-order valence-electron chi connectivity index (χ4n) is 1.97. The Morgan fingerprint density at radius 1 is 1.50 bits per heavy atom. The van der Waals surface area contributed by atoms with E-state index < -0.39 is 0 Å². The van der Waals surface area contributed by atoms with E-state index in [1.807, 2.05) is 35.7 Å². The van der Waals surface area contributed by atoms with Gasteiger partial charge in [-0.15, -0.1) is 0 Å². The van der Waals surface area contributed by atoms with E-state index in [1.165, 1.54) is 0 Å². The average Bonchev–Trinajstić information content (AvgIpc) is 2.88. The van der Waals surface area contributed by atoms with E-state index in [-0.39, 0.29) is 5.97 Å². The highest BCUT2D eigenvalue weighted by Crippen LogP contribution is 2.26. The number of ether oxygens (including phenoxy) is 1. The quantitative estimate of drug-likeness (QED) is 0.680. The minimum Gasteiger partial charge on any atom is -0.466 e. The zero-order valence-corrected chi connectivity index (χ0v) is 10.7. The van der Waals surface area contributed by atoms with Crippen LogP contribution in [0.4, 0.5) is 0 Å². The van der Waals surface area contributed by atoms with Gasteiger partial charge in [0.1, 0.15) is 0 Å². The van der Waals surface area contributed by atoms with Gasteiger partial charge < -0.3 is 4.74 Å². The van der Waals surface area contributed by atoms with Gasteiger partial charge in [-0.3, -0.25) is 9.20 Å². The number of thiazole rings is 1. The van der Waals surface area contributed by atoms with Crippen molar-refractivity contribution in [1.29, 1.82) is 0 Å². The first-order chi connectivity index (χ1) is 8.78. The number of nitrogens with zero attached hydrogens (tertiary/aromatic N) is 2. The second-order valence-electron chi connectivity index (χ2n) is 3.97. The molecule has 0 aliphatic rings. The van der Waals surface area contributed by atoms with Gasteiger partial charge in [0.2, 0.25) is 0 Å². The van der Waals surface area contributed by atoms with Crippen LogP contribution in [0.15, 0.2) is 30.6 Å². The molecule has 0 N–H and O–H groups in total. The Hall–Kier alpha value is -1.88. The molecule has 1 aromatic carbocycles. The van der Waals surface area contributed by atoms with Crippen LogP contribution in [-0.4, -0.2) is 22.0 Å². The first kappa shape index (κ1) is 11.2. The molecule has 0 aliphatic heterocycles. The molecule has 5 heteroatoms. The van der Waals surface area contributed by atoms with E-state index in [0.29, 0.717) is 13.0 Å². The molecule has 0 atom stereocenters. The van der Waals surface area contributed by atoms with E-state index in [0.717, 1.165) is 20.7 Å². The lowest BCUT2D eigenvalue weighted by Gasteiger charge is -2.02. The Morgan fingerprint density at radius 2 is 2.39 bits per heavy atom. The molecule has 0 saturated heterocycles. The lowest BCUT2D eigenvalue weighted by molar-refractivity contribution is -0.142. The van der Waals surface area contributed by atoms with E-state index in [1.54, 1.807) is 17.5 Å². The predicted molar refractivity (Wildman–Crippen MR) is 70.9 cm³/mol. The van der Waals surface area contributed by atoms with E-state index in [2.05, 4.69) is 4.98 Å². The predicted octanol–water partition coefficient (Wildman–Crippen LogP) is 2.65. The van der Waals surface area contributed by atoms with Crippen LogP contribution < -0.4 is 0 Å². The third-order valence-corrected chi connectivity index (χ3v) is 3.78. The van der Waals surface area contributed by atoms with E-state index >= 15 is 0 Å². The summed E-state index contributed by atoms with van der Waals surface area (Å²) in [4.78, 5) is 16.7. The molecule has 0 radical (unpaired) electrons. The van der Waals surface area contributed by atoms with Crippen molar-refractivity contribution < 1.29 is 9.53 Å². The summed E-state index contributed by atoms with van der Waals surface area (Å²) in [6, 6.07) is 6.02. The molecule has 0 saturated carbocycles. The zero-order valence-electron chi connectivity index (χ0n) is 9.92. The van der Waals surface area contributed by atoms with Gasteiger partial charge in [-0.1, -0.05) is 17.4 Å². The van der Waals surface area contributed by atoms with Gasteiger partial charge in [0, 0.05) is 12.4 Å². The highest BCUT2D eigenvalue weighted by Gasteiger charge is 2.08. The van der Waals surface area contributed by atoms with Crippen molar-refractivity contribution in [1.82, 2.24) is 9.38 Å². The first-order valence-electron chi connectivity index (χ1n) is 5.78. The molecule has 0 bridgehead atoms. The molecule has 0 aliphatic carbocycles. The lowest BCUT2D eigenvalue weighted by Crippen LogP contribution is -2.07. The Morgan fingerprint density at radius 3 is 3.22 bits per heavy atom. The highest BCUT2D eigenvalue weighted by molar-refractivity contribution is 7.23. The van der Waals surface area contributed by atoms with Crippen LogP contribution in [0.5, 0.6) is 0 Å². The third kappa shape index (κ3) is 1.86.